The van der Waals surface area contributed by atoms with E-state index < -0.39 is 6.04 Å². The summed E-state index contributed by atoms with van der Waals surface area (Å²) in [4.78, 5) is 38.3. The summed E-state index contributed by atoms with van der Waals surface area (Å²) >= 11 is 6.35. The molecule has 5 N–H and O–H groups in total. The number of rotatable bonds is 6. The van der Waals surface area contributed by atoms with Crippen LogP contribution >= 0.6 is 11.6 Å². The van der Waals surface area contributed by atoms with Crippen LogP contribution in [0.5, 0.6) is 0 Å². The number of nitrogen functional groups attached to an aromatic ring is 1. The number of aromatic nitrogens is 6. The zero-order valence-corrected chi connectivity index (χ0v) is 19.7. The topological polar surface area (TPSA) is 181 Å². The van der Waals surface area contributed by atoms with E-state index in [1.807, 2.05) is 6.92 Å². The van der Waals surface area contributed by atoms with Crippen molar-refractivity contribution < 1.29 is 9.21 Å². The number of fused-ring (bicyclic) bond motifs is 1. The molecule has 12 nitrogen and oxygen atoms in total. The van der Waals surface area contributed by atoms with Gasteiger partial charge in [-0.1, -0.05) is 17.7 Å². The van der Waals surface area contributed by atoms with Gasteiger partial charge in [-0.05, 0) is 31.9 Å². The van der Waals surface area contributed by atoms with Crippen LogP contribution in [0, 0.1) is 12.8 Å². The molecule has 180 valence electrons. The first-order chi connectivity index (χ1) is 16.7. The minimum atomic E-state index is -0.518. The number of aryl methyl sites for hydroxylation is 1. The van der Waals surface area contributed by atoms with Crippen LogP contribution in [0.4, 0.5) is 11.6 Å². The van der Waals surface area contributed by atoms with Crippen molar-refractivity contribution in [2.75, 3.05) is 11.1 Å². The summed E-state index contributed by atoms with van der Waals surface area (Å²) < 4.78 is 7.13. The van der Waals surface area contributed by atoms with E-state index in [1.165, 1.54) is 6.33 Å². The highest BCUT2D eigenvalue weighted by Crippen LogP contribution is 2.39. The molecule has 4 aromatic rings. The molecule has 1 aliphatic carbocycles. The molecule has 0 aliphatic heterocycles. The molecular weight excluding hydrogens is 474 g/mol. The van der Waals surface area contributed by atoms with E-state index in [-0.39, 0.29) is 35.1 Å². The van der Waals surface area contributed by atoms with Gasteiger partial charge in [0.1, 0.15) is 29.4 Å². The van der Waals surface area contributed by atoms with Gasteiger partial charge >= 0.3 is 0 Å². The van der Waals surface area contributed by atoms with Crippen LogP contribution in [-0.2, 0) is 4.79 Å². The highest BCUT2D eigenvalue weighted by atomic mass is 35.5. The van der Waals surface area contributed by atoms with Crippen LogP contribution in [0.1, 0.15) is 43.6 Å². The molecule has 0 saturated heterocycles. The molecule has 1 amide bonds. The highest BCUT2D eigenvalue weighted by Gasteiger charge is 2.37. The van der Waals surface area contributed by atoms with Gasteiger partial charge in [-0.25, -0.2) is 15.0 Å². The molecule has 13 heteroatoms. The average molecular weight is 496 g/mol. The lowest BCUT2D eigenvalue weighted by molar-refractivity contribution is -0.125. The first kappa shape index (κ1) is 22.7. The van der Waals surface area contributed by atoms with Gasteiger partial charge in [-0.15, -0.1) is 10.2 Å². The van der Waals surface area contributed by atoms with Crippen LogP contribution in [0.3, 0.4) is 0 Å². The van der Waals surface area contributed by atoms with Crippen molar-refractivity contribution in [3.05, 3.63) is 51.6 Å². The number of hydrogen-bond acceptors (Lipinski definition) is 10. The fourth-order valence-corrected chi connectivity index (χ4v) is 4.55. The largest absolute Gasteiger partial charge is 0.421 e. The Balaban J connectivity index is 1.60. The third-order valence-electron chi connectivity index (χ3n) is 6.14. The van der Waals surface area contributed by atoms with Crippen LogP contribution in [0.2, 0.25) is 5.02 Å². The molecule has 5 rings (SSSR count). The maximum atomic E-state index is 13.6. The van der Waals surface area contributed by atoms with Gasteiger partial charge in [-0.2, -0.15) is 0 Å². The summed E-state index contributed by atoms with van der Waals surface area (Å²) in [6, 6.07) is 4.34. The lowest BCUT2D eigenvalue weighted by Crippen LogP contribution is -2.42. The highest BCUT2D eigenvalue weighted by molar-refractivity contribution is 6.35. The van der Waals surface area contributed by atoms with E-state index in [0.717, 1.165) is 0 Å². The Hall–Kier alpha value is -4.06. The second kappa shape index (κ2) is 8.62. The quantitative estimate of drug-likeness (QED) is 0.359. The van der Waals surface area contributed by atoms with E-state index in [4.69, 9.17) is 32.5 Å². The summed E-state index contributed by atoms with van der Waals surface area (Å²) in [5.41, 5.74) is 12.1. The minimum Gasteiger partial charge on any atom is -0.421 e. The number of nitrogens with one attached hydrogen (secondary N) is 1. The maximum Gasteiger partial charge on any atom is 0.263 e. The van der Waals surface area contributed by atoms with Gasteiger partial charge in [0.2, 0.25) is 11.8 Å². The van der Waals surface area contributed by atoms with Crippen LogP contribution in [-0.4, -0.2) is 35.6 Å². The normalized spacial score (nSPS) is 18.3. The number of primary amides is 1. The van der Waals surface area contributed by atoms with Gasteiger partial charge in [-0.3, -0.25) is 14.2 Å². The Labute approximate surface area is 203 Å². The molecular formula is C22H22ClN9O3. The van der Waals surface area contributed by atoms with Gasteiger partial charge in [0.25, 0.3) is 11.4 Å². The molecule has 1 saturated carbocycles. The lowest BCUT2D eigenvalue weighted by atomic mass is 9.79. The monoisotopic (exact) mass is 495 g/mol. The van der Waals surface area contributed by atoms with Crippen molar-refractivity contribution >= 4 is 40.0 Å². The number of nitrogens with two attached hydrogens (primary N) is 2. The zero-order valence-electron chi connectivity index (χ0n) is 18.9. The molecule has 3 heterocycles. The number of amides is 1. The first-order valence-corrected chi connectivity index (χ1v) is 11.3. The molecule has 35 heavy (non-hydrogen) atoms. The fraction of sp³-hybridized carbons (Fsp3) is 0.318. The van der Waals surface area contributed by atoms with E-state index in [0.29, 0.717) is 51.9 Å². The molecule has 1 atom stereocenters. The van der Waals surface area contributed by atoms with Gasteiger partial charge < -0.3 is 21.2 Å². The van der Waals surface area contributed by atoms with Crippen molar-refractivity contribution in [3.8, 4) is 11.5 Å². The zero-order chi connectivity index (χ0) is 24.9. The second-order valence-electron chi connectivity index (χ2n) is 8.48. The smallest absolute Gasteiger partial charge is 0.263 e. The number of benzene rings is 1. The molecule has 1 unspecified atom stereocenters. The third kappa shape index (κ3) is 3.95. The lowest BCUT2D eigenvalue weighted by Gasteiger charge is -2.36. The van der Waals surface area contributed by atoms with E-state index in [9.17, 15) is 9.59 Å². The summed E-state index contributed by atoms with van der Waals surface area (Å²) in [6.45, 7) is 3.49. The maximum absolute atomic E-state index is 13.6. The third-order valence-corrected chi connectivity index (χ3v) is 6.46. The Morgan fingerprint density at radius 3 is 2.74 bits per heavy atom. The Bertz CT molecular complexity index is 1510. The summed E-state index contributed by atoms with van der Waals surface area (Å²) in [6.07, 6.45) is 2.19. The predicted octanol–water partition coefficient (Wildman–Crippen LogP) is 2.39. The molecule has 1 fully saturated rings. The summed E-state index contributed by atoms with van der Waals surface area (Å²) in [5.74, 6) is 0.778. The Morgan fingerprint density at radius 2 is 2.06 bits per heavy atom. The fourth-order valence-electron chi connectivity index (χ4n) is 4.30. The SMILES string of the molecule is Cc1nnc(-c2c(N)ncnc2NC(C)c2nc3cccc(Cl)c3c(=O)n2C2CC(C(N)=O)C2)o1. The van der Waals surface area contributed by atoms with Crippen LogP contribution < -0.4 is 22.3 Å². The van der Waals surface area contributed by atoms with Crippen molar-refractivity contribution in [2.45, 2.75) is 38.8 Å². The Kier molecular flexibility index (Phi) is 5.59. The second-order valence-corrected chi connectivity index (χ2v) is 8.89. The van der Waals surface area contributed by atoms with Crippen molar-refractivity contribution in [3.63, 3.8) is 0 Å². The molecule has 1 aromatic carbocycles. The standard InChI is InChI=1S/C22H22ClN9O3/c1-9(28-19-16(17(24)26-8-27-19)21-31-30-10(2)35-21)20-29-14-5-3-4-13(23)15(14)22(34)32(20)12-6-11(7-12)18(25)33/h3-5,8-9,11-12H,6-7H2,1-2H3,(H2,25,33)(H3,24,26,27,28). The number of carbonyl (C=O) groups excluding carboxylic acids is 1. The Morgan fingerprint density at radius 1 is 1.29 bits per heavy atom. The molecule has 0 bridgehead atoms. The van der Waals surface area contributed by atoms with E-state index in [1.54, 1.807) is 29.7 Å². The van der Waals surface area contributed by atoms with Gasteiger partial charge in [0.15, 0.2) is 0 Å². The predicted molar refractivity (Wildman–Crippen MR) is 128 cm³/mol. The van der Waals surface area contributed by atoms with Crippen molar-refractivity contribution in [1.29, 1.82) is 0 Å². The minimum absolute atomic E-state index is 0.150. The van der Waals surface area contributed by atoms with Gasteiger partial charge in [0.05, 0.1) is 22.0 Å². The molecule has 1 aliphatic rings. The summed E-state index contributed by atoms with van der Waals surface area (Å²) in [5, 5.41) is 11.8. The van der Waals surface area contributed by atoms with E-state index >= 15 is 0 Å². The number of halogens is 1. The number of hydrogen-bond donors (Lipinski definition) is 3. The summed E-state index contributed by atoms with van der Waals surface area (Å²) in [7, 11) is 0. The molecule has 3 aromatic heterocycles. The first-order valence-electron chi connectivity index (χ1n) is 10.9. The van der Waals surface area contributed by atoms with Crippen LogP contribution in [0.25, 0.3) is 22.4 Å². The molecule has 0 spiro atoms. The number of anilines is 2. The van der Waals surface area contributed by atoms with Crippen LogP contribution in [0.15, 0.2) is 33.7 Å². The van der Waals surface area contributed by atoms with Crippen molar-refractivity contribution in [2.24, 2.45) is 11.7 Å². The number of nitrogens with zero attached hydrogens (tertiary/aromatic N) is 6. The molecule has 0 radical (unpaired) electrons. The average Bonchev–Trinajstić information content (AvgIpc) is 3.19. The van der Waals surface area contributed by atoms with Gasteiger partial charge in [0, 0.05) is 18.9 Å². The number of carbonyl (C=O) groups is 1. The van der Waals surface area contributed by atoms with E-state index in [2.05, 4.69) is 25.5 Å². The van der Waals surface area contributed by atoms with Crippen molar-refractivity contribution in [1.82, 2.24) is 29.7 Å².